The molecule has 3 aromatic rings. The average molecular weight is 321 g/mol. The lowest BCUT2D eigenvalue weighted by Crippen LogP contribution is -2.09. The van der Waals surface area contributed by atoms with Crippen molar-refractivity contribution in [2.45, 2.75) is 20.0 Å². The Bertz CT molecular complexity index is 734. The molecule has 0 aliphatic carbocycles. The summed E-state index contributed by atoms with van der Waals surface area (Å²) in [5, 5.41) is 8.49. The van der Waals surface area contributed by atoms with Gasteiger partial charge in [-0.05, 0) is 18.4 Å². The number of aryl methyl sites for hydroxylation is 1. The number of rotatable bonds is 5. The zero-order valence-electron chi connectivity index (χ0n) is 11.1. The molecule has 0 aliphatic rings. The molecule has 8 heteroatoms. The second kappa shape index (κ2) is 6.15. The van der Waals surface area contributed by atoms with Crippen LogP contribution in [-0.4, -0.2) is 21.1 Å². The molecule has 0 N–H and O–H groups in total. The molecule has 21 heavy (non-hydrogen) atoms. The van der Waals surface area contributed by atoms with Gasteiger partial charge < -0.3 is 9.26 Å². The summed E-state index contributed by atoms with van der Waals surface area (Å²) in [5.74, 6) is 0.426. The van der Waals surface area contributed by atoms with Crippen LogP contribution in [0.2, 0.25) is 0 Å². The molecule has 0 fully saturated rings. The van der Waals surface area contributed by atoms with E-state index in [1.54, 1.807) is 0 Å². The van der Waals surface area contributed by atoms with Crippen molar-refractivity contribution in [1.82, 2.24) is 15.1 Å². The molecule has 0 aromatic carbocycles. The fraction of sp³-hybridized carbons (Fsp3) is 0.231. The minimum atomic E-state index is -0.359. The first-order valence-electron chi connectivity index (χ1n) is 6.14. The van der Waals surface area contributed by atoms with Crippen LogP contribution in [0.25, 0.3) is 10.8 Å². The van der Waals surface area contributed by atoms with E-state index >= 15 is 0 Å². The van der Waals surface area contributed by atoms with Gasteiger partial charge >= 0.3 is 5.97 Å². The Kier molecular flexibility index (Phi) is 4.07. The van der Waals surface area contributed by atoms with Crippen LogP contribution >= 0.6 is 22.7 Å². The molecule has 3 rings (SSSR count). The first-order valence-corrected chi connectivity index (χ1v) is 7.90. The van der Waals surface area contributed by atoms with E-state index in [0.717, 1.165) is 15.6 Å². The van der Waals surface area contributed by atoms with Crippen molar-refractivity contribution in [2.24, 2.45) is 0 Å². The van der Waals surface area contributed by atoms with Gasteiger partial charge in [-0.25, -0.2) is 4.98 Å². The molecule has 0 saturated carbocycles. The number of thiophene rings is 1. The Morgan fingerprint density at radius 2 is 2.29 bits per heavy atom. The Morgan fingerprint density at radius 3 is 3.00 bits per heavy atom. The molecule has 6 nitrogen and oxygen atoms in total. The number of hydrogen-bond acceptors (Lipinski definition) is 8. The third kappa shape index (κ3) is 3.53. The smallest absolute Gasteiger partial charge is 0.312 e. The van der Waals surface area contributed by atoms with Crippen LogP contribution in [0.3, 0.4) is 0 Å². The third-order valence-electron chi connectivity index (χ3n) is 2.55. The summed E-state index contributed by atoms with van der Waals surface area (Å²) >= 11 is 3.01. The van der Waals surface area contributed by atoms with Crippen molar-refractivity contribution in [3.8, 4) is 10.8 Å². The number of carbonyl (C=O) groups is 1. The Morgan fingerprint density at radius 1 is 1.38 bits per heavy atom. The van der Waals surface area contributed by atoms with Gasteiger partial charge in [0.2, 0.25) is 5.82 Å². The monoisotopic (exact) mass is 321 g/mol. The van der Waals surface area contributed by atoms with Crippen LogP contribution in [0.5, 0.6) is 0 Å². The maximum Gasteiger partial charge on any atom is 0.312 e. The summed E-state index contributed by atoms with van der Waals surface area (Å²) in [6, 6.07) is 3.79. The normalized spacial score (nSPS) is 10.7. The second-order valence-electron chi connectivity index (χ2n) is 4.19. The second-order valence-corrected chi connectivity index (χ2v) is 6.20. The van der Waals surface area contributed by atoms with Crippen molar-refractivity contribution in [3.63, 3.8) is 0 Å². The fourth-order valence-corrected chi connectivity index (χ4v) is 2.90. The van der Waals surface area contributed by atoms with Crippen LogP contribution in [0.1, 0.15) is 16.5 Å². The van der Waals surface area contributed by atoms with E-state index in [0.29, 0.717) is 11.7 Å². The first kappa shape index (κ1) is 13.9. The van der Waals surface area contributed by atoms with Crippen molar-refractivity contribution in [3.05, 3.63) is 39.4 Å². The molecule has 0 atom stereocenters. The first-order chi connectivity index (χ1) is 10.2. The Hall–Kier alpha value is -2.06. The van der Waals surface area contributed by atoms with Gasteiger partial charge in [0.15, 0.2) is 6.61 Å². The average Bonchev–Trinajstić information content (AvgIpc) is 3.17. The van der Waals surface area contributed by atoms with Gasteiger partial charge in [0.05, 0.1) is 22.0 Å². The van der Waals surface area contributed by atoms with Crippen molar-refractivity contribution in [2.75, 3.05) is 0 Å². The fourth-order valence-electron chi connectivity index (χ4n) is 1.65. The standard InChI is InChI=1S/C13H11N3O3S2/c1-8-14-9(7-21-8)5-12(17)18-6-11-15-13(19-16-11)10-3-2-4-20-10/h2-4,7H,5-6H2,1H3. The number of carbonyl (C=O) groups excluding carboxylic acids is 1. The zero-order chi connectivity index (χ0) is 14.7. The number of ether oxygens (including phenoxy) is 1. The summed E-state index contributed by atoms with van der Waals surface area (Å²) in [5.41, 5.74) is 0.717. The zero-order valence-corrected chi connectivity index (χ0v) is 12.7. The van der Waals surface area contributed by atoms with Crippen molar-refractivity contribution >= 4 is 28.6 Å². The van der Waals surface area contributed by atoms with Gasteiger partial charge in [0.25, 0.3) is 5.89 Å². The van der Waals surface area contributed by atoms with Crippen LogP contribution in [0.15, 0.2) is 27.4 Å². The van der Waals surface area contributed by atoms with Crippen LogP contribution in [0.4, 0.5) is 0 Å². The van der Waals surface area contributed by atoms with E-state index in [2.05, 4.69) is 15.1 Å². The molecular formula is C13H11N3O3S2. The Labute approximate surface area is 128 Å². The maximum atomic E-state index is 11.7. The summed E-state index contributed by atoms with van der Waals surface area (Å²) < 4.78 is 10.2. The van der Waals surface area contributed by atoms with Gasteiger partial charge in [-0.15, -0.1) is 22.7 Å². The van der Waals surface area contributed by atoms with Gasteiger partial charge in [0.1, 0.15) is 0 Å². The van der Waals surface area contributed by atoms with Crippen LogP contribution < -0.4 is 0 Å². The highest BCUT2D eigenvalue weighted by Crippen LogP contribution is 2.22. The van der Waals surface area contributed by atoms with E-state index in [-0.39, 0.29) is 19.0 Å². The lowest BCUT2D eigenvalue weighted by molar-refractivity contribution is -0.144. The van der Waals surface area contributed by atoms with Gasteiger partial charge in [-0.2, -0.15) is 4.98 Å². The van der Waals surface area contributed by atoms with Crippen LogP contribution in [-0.2, 0) is 22.6 Å². The van der Waals surface area contributed by atoms with Crippen molar-refractivity contribution < 1.29 is 14.1 Å². The van der Waals surface area contributed by atoms with E-state index in [9.17, 15) is 4.79 Å². The predicted octanol–water partition coefficient (Wildman–Crippen LogP) is 2.85. The molecule has 0 saturated heterocycles. The molecule has 0 aliphatic heterocycles. The summed E-state index contributed by atoms with van der Waals surface area (Å²) in [4.78, 5) is 21.0. The molecule has 0 bridgehead atoms. The number of thiazole rings is 1. The molecule has 0 unspecified atom stereocenters. The number of hydrogen-bond donors (Lipinski definition) is 0. The summed E-state index contributed by atoms with van der Waals surface area (Å²) in [7, 11) is 0. The minimum absolute atomic E-state index is 0.00315. The highest BCUT2D eigenvalue weighted by molar-refractivity contribution is 7.13. The van der Waals surface area contributed by atoms with E-state index in [1.165, 1.54) is 22.7 Å². The van der Waals surface area contributed by atoms with E-state index < -0.39 is 0 Å². The minimum Gasteiger partial charge on any atom is -0.457 e. The van der Waals surface area contributed by atoms with Crippen LogP contribution in [0, 0.1) is 6.92 Å². The quantitative estimate of drug-likeness (QED) is 0.672. The topological polar surface area (TPSA) is 78.1 Å². The molecule has 0 radical (unpaired) electrons. The summed E-state index contributed by atoms with van der Waals surface area (Å²) in [6.45, 7) is 1.89. The largest absolute Gasteiger partial charge is 0.457 e. The lowest BCUT2D eigenvalue weighted by atomic mass is 10.3. The molecule has 3 heterocycles. The van der Waals surface area contributed by atoms with Crippen molar-refractivity contribution in [1.29, 1.82) is 0 Å². The highest BCUT2D eigenvalue weighted by atomic mass is 32.1. The Balaban J connectivity index is 1.54. The predicted molar refractivity (Wildman–Crippen MR) is 78.0 cm³/mol. The van der Waals surface area contributed by atoms with Gasteiger partial charge in [0, 0.05) is 5.38 Å². The van der Waals surface area contributed by atoms with Gasteiger partial charge in [-0.3, -0.25) is 4.79 Å². The summed E-state index contributed by atoms with van der Waals surface area (Å²) in [6.07, 6.45) is 0.153. The SMILES string of the molecule is Cc1nc(CC(=O)OCc2noc(-c3cccs3)n2)cs1. The molecule has 0 amide bonds. The lowest BCUT2D eigenvalue weighted by Gasteiger charge is -1.99. The number of esters is 1. The van der Waals surface area contributed by atoms with E-state index in [1.807, 2.05) is 29.8 Å². The molecule has 108 valence electrons. The third-order valence-corrected chi connectivity index (χ3v) is 4.23. The maximum absolute atomic E-state index is 11.7. The number of aromatic nitrogens is 3. The van der Waals surface area contributed by atoms with Gasteiger partial charge in [-0.1, -0.05) is 11.2 Å². The highest BCUT2D eigenvalue weighted by Gasteiger charge is 2.12. The van der Waals surface area contributed by atoms with E-state index in [4.69, 9.17) is 9.26 Å². The molecule has 3 aromatic heterocycles. The number of nitrogens with zero attached hydrogens (tertiary/aromatic N) is 3. The molecular weight excluding hydrogens is 310 g/mol. The molecule has 0 spiro atoms.